The van der Waals surface area contributed by atoms with E-state index in [0.29, 0.717) is 51.0 Å². The number of nitrogens with one attached hydrogen (secondary N) is 3. The van der Waals surface area contributed by atoms with Crippen molar-refractivity contribution in [3.63, 3.8) is 0 Å². The van der Waals surface area contributed by atoms with Gasteiger partial charge in [0.2, 0.25) is 11.8 Å². The summed E-state index contributed by atoms with van der Waals surface area (Å²) in [6.45, 7) is 4.12. The molecule has 1 aromatic rings. The summed E-state index contributed by atoms with van der Waals surface area (Å²) in [7, 11) is -4.65. The molecule has 1 atom stereocenters. The fourth-order valence-electron chi connectivity index (χ4n) is 3.26. The Morgan fingerprint density at radius 1 is 1.28 bits per heavy atom. The molecule has 12 heteroatoms. The molecule has 1 saturated heterocycles. The molecule has 1 heterocycles. The topological polar surface area (TPSA) is 157 Å². The quantitative estimate of drug-likeness (QED) is 0.224. The highest BCUT2D eigenvalue weighted by Gasteiger charge is 2.22. The predicted octanol–water partition coefficient (Wildman–Crippen LogP) is 0.907. The highest BCUT2D eigenvalue weighted by Crippen LogP contribution is 2.37. The summed E-state index contributed by atoms with van der Waals surface area (Å²) in [6, 6.07) is 5.03. The van der Waals surface area contributed by atoms with E-state index in [4.69, 9.17) is 9.79 Å². The van der Waals surface area contributed by atoms with Gasteiger partial charge in [0, 0.05) is 39.0 Å². The van der Waals surface area contributed by atoms with Crippen LogP contribution in [0.5, 0.6) is 5.75 Å². The van der Waals surface area contributed by atoms with Crippen molar-refractivity contribution in [2.45, 2.75) is 45.1 Å². The Hall–Kier alpha value is -2.62. The molecule has 1 aliphatic heterocycles. The molecule has 1 aromatic carbocycles. The van der Waals surface area contributed by atoms with Crippen LogP contribution >= 0.6 is 7.82 Å². The zero-order valence-corrected chi connectivity index (χ0v) is 19.0. The van der Waals surface area contributed by atoms with Crippen LogP contribution in [0.2, 0.25) is 0 Å². The van der Waals surface area contributed by atoms with Gasteiger partial charge < -0.3 is 25.4 Å². The lowest BCUT2D eigenvalue weighted by molar-refractivity contribution is -0.129. The second kappa shape index (κ2) is 12.4. The van der Waals surface area contributed by atoms with Gasteiger partial charge in [0.25, 0.3) is 0 Å². The second-order valence-electron chi connectivity index (χ2n) is 7.52. The molecular formula is C20H31N4O7P. The van der Waals surface area contributed by atoms with E-state index in [1.54, 1.807) is 17.0 Å². The number of carbonyl (C=O) groups is 3. The molecule has 0 unspecified atom stereocenters. The van der Waals surface area contributed by atoms with Crippen LogP contribution in [0.4, 0.5) is 4.79 Å². The van der Waals surface area contributed by atoms with E-state index >= 15 is 0 Å². The minimum atomic E-state index is -4.65. The number of amides is 4. The zero-order chi connectivity index (χ0) is 23.6. The van der Waals surface area contributed by atoms with E-state index < -0.39 is 13.9 Å². The first-order valence-corrected chi connectivity index (χ1v) is 12.1. The number of nitrogens with zero attached hydrogens (tertiary/aromatic N) is 1. The van der Waals surface area contributed by atoms with Crippen LogP contribution in [-0.4, -0.2) is 64.8 Å². The smallest absolute Gasteiger partial charge is 0.404 e. The van der Waals surface area contributed by atoms with Gasteiger partial charge in [-0.05, 0) is 37.0 Å². The molecule has 11 nitrogen and oxygen atoms in total. The minimum Gasteiger partial charge on any atom is -0.404 e. The van der Waals surface area contributed by atoms with Crippen molar-refractivity contribution >= 4 is 25.7 Å². The zero-order valence-electron chi connectivity index (χ0n) is 18.1. The van der Waals surface area contributed by atoms with Crippen molar-refractivity contribution in [1.82, 2.24) is 20.9 Å². The van der Waals surface area contributed by atoms with Crippen LogP contribution in [-0.2, 0) is 20.6 Å². The molecule has 0 saturated carbocycles. The fourth-order valence-corrected chi connectivity index (χ4v) is 3.66. The molecule has 1 fully saturated rings. The number of rotatable bonds is 12. The Morgan fingerprint density at radius 2 is 2.00 bits per heavy atom. The van der Waals surface area contributed by atoms with E-state index in [9.17, 15) is 18.9 Å². The molecule has 0 radical (unpaired) electrons. The Morgan fingerprint density at radius 3 is 2.62 bits per heavy atom. The summed E-state index contributed by atoms with van der Waals surface area (Å²) in [5, 5.41) is 8.32. The van der Waals surface area contributed by atoms with Crippen molar-refractivity contribution in [2.24, 2.45) is 0 Å². The molecule has 178 valence electrons. The highest BCUT2D eigenvalue weighted by atomic mass is 31.2. The summed E-state index contributed by atoms with van der Waals surface area (Å²) in [4.78, 5) is 56.0. The molecule has 32 heavy (non-hydrogen) atoms. The molecule has 0 aliphatic carbocycles. The lowest BCUT2D eigenvalue weighted by Crippen LogP contribution is -2.49. The van der Waals surface area contributed by atoms with E-state index in [0.717, 1.165) is 6.42 Å². The van der Waals surface area contributed by atoms with Crippen LogP contribution < -0.4 is 20.5 Å². The normalized spacial score (nSPS) is 15.0. The van der Waals surface area contributed by atoms with Gasteiger partial charge in [0.05, 0.1) is 0 Å². The van der Waals surface area contributed by atoms with Gasteiger partial charge in [-0.2, -0.15) is 0 Å². The second-order valence-corrected chi connectivity index (χ2v) is 8.68. The van der Waals surface area contributed by atoms with Gasteiger partial charge >= 0.3 is 13.9 Å². The number of urea groups is 1. The molecule has 0 bridgehead atoms. The Bertz CT molecular complexity index is 828. The first kappa shape index (κ1) is 25.6. The number of phosphoric acid groups is 1. The maximum atomic E-state index is 12.7. The third-order valence-corrected chi connectivity index (χ3v) is 5.24. The maximum Gasteiger partial charge on any atom is 0.524 e. The third-order valence-electron chi connectivity index (χ3n) is 4.79. The molecule has 2 rings (SSSR count). The van der Waals surface area contributed by atoms with E-state index in [2.05, 4.69) is 20.5 Å². The summed E-state index contributed by atoms with van der Waals surface area (Å²) in [5.74, 6) is -0.577. The van der Waals surface area contributed by atoms with Crippen LogP contribution in [0.15, 0.2) is 24.3 Å². The van der Waals surface area contributed by atoms with Crippen LogP contribution in [0.25, 0.3) is 0 Å². The van der Waals surface area contributed by atoms with Crippen LogP contribution in [0.3, 0.4) is 0 Å². The number of phosphoric ester groups is 1. The largest absolute Gasteiger partial charge is 0.524 e. The highest BCUT2D eigenvalue weighted by molar-refractivity contribution is 7.46. The lowest BCUT2D eigenvalue weighted by Gasteiger charge is -2.27. The summed E-state index contributed by atoms with van der Waals surface area (Å²) >= 11 is 0. The Balaban J connectivity index is 1.91. The Labute approximate surface area is 187 Å². The summed E-state index contributed by atoms with van der Waals surface area (Å²) in [6.07, 6.45) is 2.62. The monoisotopic (exact) mass is 470 g/mol. The fraction of sp³-hybridized carbons (Fsp3) is 0.550. The minimum absolute atomic E-state index is 0.000136. The van der Waals surface area contributed by atoms with Gasteiger partial charge in [-0.3, -0.25) is 19.4 Å². The van der Waals surface area contributed by atoms with Gasteiger partial charge in [-0.1, -0.05) is 19.1 Å². The molecular weight excluding hydrogens is 439 g/mol. The van der Waals surface area contributed by atoms with Crippen molar-refractivity contribution in [1.29, 1.82) is 0 Å². The number of benzene rings is 1. The molecule has 4 amide bonds. The third kappa shape index (κ3) is 9.25. The standard InChI is InChI=1S/C20H31N4O7P/c1-2-5-18(25)23-17(14-15-6-8-16(9-7-15)31-32(28,29)30)19(26)21-10-3-12-24-13-4-11-22-20(24)27/h6-9,17H,2-5,10-14H2,1H3,(H,21,26)(H,22,27)(H,23,25)(H2,28,29,30)/t17-/m0/s1. The summed E-state index contributed by atoms with van der Waals surface area (Å²) < 4.78 is 15.4. The lowest BCUT2D eigenvalue weighted by atomic mass is 10.0. The van der Waals surface area contributed by atoms with E-state index in [1.165, 1.54) is 12.1 Å². The van der Waals surface area contributed by atoms with Crippen molar-refractivity contribution < 1.29 is 33.3 Å². The van der Waals surface area contributed by atoms with Crippen molar-refractivity contribution in [3.05, 3.63) is 29.8 Å². The molecule has 5 N–H and O–H groups in total. The van der Waals surface area contributed by atoms with Gasteiger partial charge in [-0.15, -0.1) is 0 Å². The first-order chi connectivity index (χ1) is 15.2. The van der Waals surface area contributed by atoms with Crippen LogP contribution in [0, 0.1) is 0 Å². The molecule has 0 spiro atoms. The first-order valence-electron chi connectivity index (χ1n) is 10.6. The Kier molecular flexibility index (Phi) is 9.96. The number of carbonyl (C=O) groups excluding carboxylic acids is 3. The van der Waals surface area contributed by atoms with Gasteiger partial charge in [0.1, 0.15) is 11.8 Å². The average Bonchev–Trinajstić information content (AvgIpc) is 2.72. The van der Waals surface area contributed by atoms with E-state index in [-0.39, 0.29) is 30.0 Å². The SMILES string of the molecule is CCCC(=O)N[C@@H](Cc1ccc(OP(=O)(O)O)cc1)C(=O)NCCCN1CCCNC1=O. The molecule has 1 aliphatic rings. The number of hydrogen-bond acceptors (Lipinski definition) is 5. The van der Waals surface area contributed by atoms with E-state index in [1.807, 2.05) is 6.92 Å². The van der Waals surface area contributed by atoms with Crippen molar-refractivity contribution in [3.8, 4) is 5.75 Å². The maximum absolute atomic E-state index is 12.7. The van der Waals surface area contributed by atoms with Crippen molar-refractivity contribution in [2.75, 3.05) is 26.2 Å². The molecule has 0 aromatic heterocycles. The average molecular weight is 470 g/mol. The van der Waals surface area contributed by atoms with Gasteiger partial charge in [0.15, 0.2) is 0 Å². The number of hydrogen-bond donors (Lipinski definition) is 5. The predicted molar refractivity (Wildman–Crippen MR) is 117 cm³/mol. The van der Waals surface area contributed by atoms with Gasteiger partial charge in [-0.25, -0.2) is 9.36 Å². The summed E-state index contributed by atoms with van der Waals surface area (Å²) in [5.41, 5.74) is 0.685. The van der Waals surface area contributed by atoms with Crippen LogP contribution in [0.1, 0.15) is 38.2 Å².